The van der Waals surface area contributed by atoms with E-state index in [-0.39, 0.29) is 11.7 Å². The number of carbonyl (C=O) groups is 1. The topological polar surface area (TPSA) is 38.3 Å². The van der Waals surface area contributed by atoms with Gasteiger partial charge in [0.25, 0.3) is 0 Å². The fourth-order valence-electron chi connectivity index (χ4n) is 1.06. The standard InChI is InChI=1S/C7H13NO2S/c9-7(5-11)8-3-6-1-2-10-4-6/h6,11H,1-5H2,(H,8,9). The Bertz CT molecular complexity index is 134. The predicted octanol–water partition coefficient (Wildman–Crippen LogP) is 0.0689. The number of ether oxygens (including phenoxy) is 1. The number of nitrogens with one attached hydrogen (secondary N) is 1. The average molecular weight is 175 g/mol. The molecule has 1 unspecified atom stereocenters. The minimum absolute atomic E-state index is 0.000216. The van der Waals surface area contributed by atoms with Gasteiger partial charge in [-0.25, -0.2) is 0 Å². The van der Waals surface area contributed by atoms with Crippen molar-refractivity contribution < 1.29 is 9.53 Å². The first-order valence-electron chi connectivity index (χ1n) is 3.78. The van der Waals surface area contributed by atoms with Gasteiger partial charge in [0, 0.05) is 19.1 Å². The molecule has 1 atom stereocenters. The smallest absolute Gasteiger partial charge is 0.229 e. The van der Waals surface area contributed by atoms with Gasteiger partial charge < -0.3 is 10.1 Å². The van der Waals surface area contributed by atoms with Crippen LogP contribution in [0.4, 0.5) is 0 Å². The van der Waals surface area contributed by atoms with Crippen LogP contribution in [0.2, 0.25) is 0 Å². The van der Waals surface area contributed by atoms with Crippen LogP contribution in [0.5, 0.6) is 0 Å². The monoisotopic (exact) mass is 175 g/mol. The molecule has 1 fully saturated rings. The third kappa shape index (κ3) is 3.12. The molecule has 1 amide bonds. The molecule has 1 N–H and O–H groups in total. The van der Waals surface area contributed by atoms with Crippen molar-refractivity contribution >= 4 is 18.5 Å². The zero-order valence-electron chi connectivity index (χ0n) is 6.38. The van der Waals surface area contributed by atoms with Crippen LogP contribution < -0.4 is 5.32 Å². The lowest BCUT2D eigenvalue weighted by molar-refractivity contribution is -0.118. The number of carbonyl (C=O) groups excluding carboxylic acids is 1. The fourth-order valence-corrected chi connectivity index (χ4v) is 1.17. The maximum Gasteiger partial charge on any atom is 0.229 e. The van der Waals surface area contributed by atoms with E-state index in [1.807, 2.05) is 0 Å². The Morgan fingerprint density at radius 1 is 1.73 bits per heavy atom. The Morgan fingerprint density at radius 3 is 3.09 bits per heavy atom. The molecule has 11 heavy (non-hydrogen) atoms. The highest BCUT2D eigenvalue weighted by molar-refractivity contribution is 7.81. The molecule has 0 saturated carbocycles. The van der Waals surface area contributed by atoms with Gasteiger partial charge in [0.2, 0.25) is 5.91 Å². The molecule has 0 spiro atoms. The quantitative estimate of drug-likeness (QED) is 0.596. The lowest BCUT2D eigenvalue weighted by atomic mass is 10.1. The van der Waals surface area contributed by atoms with Crippen molar-refractivity contribution in [3.05, 3.63) is 0 Å². The van der Waals surface area contributed by atoms with Crippen molar-refractivity contribution in [1.82, 2.24) is 5.32 Å². The molecule has 1 heterocycles. The predicted molar refractivity (Wildman–Crippen MR) is 45.8 cm³/mol. The highest BCUT2D eigenvalue weighted by Gasteiger charge is 2.15. The minimum atomic E-state index is 0.000216. The van der Waals surface area contributed by atoms with Gasteiger partial charge in [-0.2, -0.15) is 12.6 Å². The summed E-state index contributed by atoms with van der Waals surface area (Å²) in [5.74, 6) is 0.784. The van der Waals surface area contributed by atoms with Crippen LogP contribution in [0.15, 0.2) is 0 Å². The van der Waals surface area contributed by atoms with Crippen molar-refractivity contribution in [2.24, 2.45) is 5.92 Å². The molecule has 0 aliphatic carbocycles. The Balaban J connectivity index is 2.06. The summed E-state index contributed by atoms with van der Waals surface area (Å²) in [6.07, 6.45) is 1.06. The van der Waals surface area contributed by atoms with E-state index in [0.29, 0.717) is 5.92 Å². The van der Waals surface area contributed by atoms with Gasteiger partial charge in [-0.15, -0.1) is 0 Å². The first-order valence-corrected chi connectivity index (χ1v) is 4.41. The summed E-state index contributed by atoms with van der Waals surface area (Å²) in [5.41, 5.74) is 0. The maximum absolute atomic E-state index is 10.7. The summed E-state index contributed by atoms with van der Waals surface area (Å²) in [5, 5.41) is 2.78. The largest absolute Gasteiger partial charge is 0.381 e. The van der Waals surface area contributed by atoms with Gasteiger partial charge in [0.05, 0.1) is 12.4 Å². The molecule has 0 aromatic carbocycles. The van der Waals surface area contributed by atoms with Gasteiger partial charge in [-0.1, -0.05) is 0 Å². The van der Waals surface area contributed by atoms with E-state index < -0.39 is 0 Å². The van der Waals surface area contributed by atoms with Gasteiger partial charge in [0.15, 0.2) is 0 Å². The second-order valence-corrected chi connectivity index (χ2v) is 3.01. The summed E-state index contributed by atoms with van der Waals surface area (Å²) < 4.78 is 5.15. The average Bonchev–Trinajstić information content (AvgIpc) is 2.52. The number of rotatable bonds is 3. The van der Waals surface area contributed by atoms with Crippen molar-refractivity contribution in [2.75, 3.05) is 25.5 Å². The van der Waals surface area contributed by atoms with Crippen LogP contribution in [0, 0.1) is 5.92 Å². The molecule has 1 aliphatic heterocycles. The molecule has 0 aromatic rings. The molecule has 1 saturated heterocycles. The first kappa shape index (κ1) is 8.87. The Hall–Kier alpha value is -0.220. The van der Waals surface area contributed by atoms with Crippen molar-refractivity contribution in [3.8, 4) is 0 Å². The van der Waals surface area contributed by atoms with E-state index in [4.69, 9.17) is 4.74 Å². The van der Waals surface area contributed by atoms with Crippen LogP contribution in [-0.2, 0) is 9.53 Å². The van der Waals surface area contributed by atoms with E-state index in [1.165, 1.54) is 0 Å². The zero-order valence-corrected chi connectivity index (χ0v) is 7.27. The highest BCUT2D eigenvalue weighted by Crippen LogP contribution is 2.10. The summed E-state index contributed by atoms with van der Waals surface area (Å²) in [6.45, 7) is 2.35. The summed E-state index contributed by atoms with van der Waals surface area (Å²) >= 11 is 3.85. The number of hydrogen-bond donors (Lipinski definition) is 2. The third-order valence-corrected chi connectivity index (χ3v) is 2.04. The lowest BCUT2D eigenvalue weighted by Crippen LogP contribution is -2.30. The van der Waals surface area contributed by atoms with E-state index in [1.54, 1.807) is 0 Å². The molecule has 0 radical (unpaired) electrons. The Kier molecular flexibility index (Phi) is 3.72. The fraction of sp³-hybridized carbons (Fsp3) is 0.857. The molecule has 4 heteroatoms. The Morgan fingerprint density at radius 2 is 2.55 bits per heavy atom. The van der Waals surface area contributed by atoms with Crippen LogP contribution in [0.3, 0.4) is 0 Å². The second kappa shape index (κ2) is 4.62. The van der Waals surface area contributed by atoms with Gasteiger partial charge in [-0.05, 0) is 6.42 Å². The molecule has 0 aromatic heterocycles. The zero-order chi connectivity index (χ0) is 8.10. The molecule has 64 valence electrons. The molecule has 3 nitrogen and oxygen atoms in total. The van der Waals surface area contributed by atoms with E-state index in [2.05, 4.69) is 17.9 Å². The van der Waals surface area contributed by atoms with E-state index in [9.17, 15) is 4.79 Å². The van der Waals surface area contributed by atoms with E-state index in [0.717, 1.165) is 26.2 Å². The molecule has 1 rings (SSSR count). The normalized spacial score (nSPS) is 23.5. The summed E-state index contributed by atoms with van der Waals surface area (Å²) in [7, 11) is 0. The summed E-state index contributed by atoms with van der Waals surface area (Å²) in [4.78, 5) is 10.7. The molecule has 0 bridgehead atoms. The Labute approximate surface area is 71.9 Å². The van der Waals surface area contributed by atoms with Crippen LogP contribution in [0.25, 0.3) is 0 Å². The molecular weight excluding hydrogens is 162 g/mol. The second-order valence-electron chi connectivity index (χ2n) is 2.69. The molecular formula is C7H13NO2S. The van der Waals surface area contributed by atoms with Crippen molar-refractivity contribution in [3.63, 3.8) is 0 Å². The SMILES string of the molecule is O=C(CS)NCC1CCOC1. The number of hydrogen-bond acceptors (Lipinski definition) is 3. The van der Waals surface area contributed by atoms with Crippen molar-refractivity contribution in [2.45, 2.75) is 6.42 Å². The van der Waals surface area contributed by atoms with Crippen molar-refractivity contribution in [1.29, 1.82) is 0 Å². The van der Waals surface area contributed by atoms with Crippen LogP contribution in [0.1, 0.15) is 6.42 Å². The highest BCUT2D eigenvalue weighted by atomic mass is 32.1. The minimum Gasteiger partial charge on any atom is -0.381 e. The molecule has 1 aliphatic rings. The maximum atomic E-state index is 10.7. The lowest BCUT2D eigenvalue weighted by Gasteiger charge is -2.07. The van der Waals surface area contributed by atoms with Gasteiger partial charge >= 0.3 is 0 Å². The van der Waals surface area contributed by atoms with E-state index >= 15 is 0 Å². The first-order chi connectivity index (χ1) is 5.33. The van der Waals surface area contributed by atoms with Gasteiger partial charge in [0.1, 0.15) is 0 Å². The van der Waals surface area contributed by atoms with Crippen LogP contribution in [-0.4, -0.2) is 31.4 Å². The van der Waals surface area contributed by atoms with Gasteiger partial charge in [-0.3, -0.25) is 4.79 Å². The number of thiol groups is 1. The third-order valence-electron chi connectivity index (χ3n) is 1.76. The van der Waals surface area contributed by atoms with Crippen LogP contribution >= 0.6 is 12.6 Å². The number of amides is 1. The summed E-state index contributed by atoms with van der Waals surface area (Å²) in [6, 6.07) is 0.